The Morgan fingerprint density at radius 1 is 1.12 bits per heavy atom. The van der Waals surface area contributed by atoms with E-state index in [-0.39, 0.29) is 0 Å². The largest absolute Gasteiger partial charge is 0.480 e. The van der Waals surface area contributed by atoms with Crippen LogP contribution in [0.4, 0.5) is 0 Å². The van der Waals surface area contributed by atoms with E-state index in [1.54, 1.807) is 24.2 Å². The van der Waals surface area contributed by atoms with Crippen LogP contribution in [0, 0.1) is 0 Å². The lowest BCUT2D eigenvalue weighted by molar-refractivity contribution is 0.400. The van der Waals surface area contributed by atoms with Crippen LogP contribution in [0.15, 0.2) is 47.6 Å². The molecular formula is C16H13BrN6O. The molecule has 4 aromatic rings. The summed E-state index contributed by atoms with van der Waals surface area (Å²) in [5, 5.41) is 4.22. The molecule has 0 fully saturated rings. The molecule has 0 N–H and O–H groups in total. The van der Waals surface area contributed by atoms with Gasteiger partial charge in [-0.2, -0.15) is 10.1 Å². The summed E-state index contributed by atoms with van der Waals surface area (Å²) in [7, 11) is 3.47. The van der Waals surface area contributed by atoms with Crippen molar-refractivity contribution in [2.75, 3.05) is 7.11 Å². The molecular weight excluding hydrogens is 372 g/mol. The lowest BCUT2D eigenvalue weighted by Gasteiger charge is -2.08. The molecule has 0 saturated heterocycles. The molecule has 0 aliphatic heterocycles. The van der Waals surface area contributed by atoms with Gasteiger partial charge < -0.3 is 4.74 Å². The first-order valence-electron chi connectivity index (χ1n) is 7.20. The standard InChI is InChI=1S/C16H13BrN6O/c1-22-8-10(6-19-22)11-9-23-13(12-4-3-5-14(17)20-12)7-18-16(23)21-15(11)24-2/h3-9H,1-2H3. The van der Waals surface area contributed by atoms with Crippen molar-refractivity contribution in [3.05, 3.63) is 47.6 Å². The molecule has 0 amide bonds. The van der Waals surface area contributed by atoms with Crippen molar-refractivity contribution in [1.29, 1.82) is 0 Å². The molecule has 7 nitrogen and oxygen atoms in total. The Bertz CT molecular complexity index is 1040. The van der Waals surface area contributed by atoms with E-state index in [2.05, 4.69) is 36.0 Å². The highest BCUT2D eigenvalue weighted by molar-refractivity contribution is 9.10. The Kier molecular flexibility index (Phi) is 3.53. The first kappa shape index (κ1) is 14.8. The molecule has 0 saturated carbocycles. The molecule has 0 radical (unpaired) electrons. The number of rotatable bonds is 3. The van der Waals surface area contributed by atoms with Crippen LogP contribution < -0.4 is 4.74 Å². The highest BCUT2D eigenvalue weighted by atomic mass is 79.9. The number of ether oxygens (including phenoxy) is 1. The van der Waals surface area contributed by atoms with Gasteiger partial charge in [0.2, 0.25) is 11.7 Å². The molecule has 4 heterocycles. The normalized spacial score (nSPS) is 11.1. The van der Waals surface area contributed by atoms with Crippen molar-refractivity contribution < 1.29 is 4.74 Å². The molecule has 0 aliphatic carbocycles. The average Bonchev–Trinajstić information content (AvgIpc) is 3.19. The van der Waals surface area contributed by atoms with Gasteiger partial charge >= 0.3 is 0 Å². The lowest BCUT2D eigenvalue weighted by atomic mass is 10.2. The highest BCUT2D eigenvalue weighted by Gasteiger charge is 2.15. The van der Waals surface area contributed by atoms with Crippen molar-refractivity contribution in [2.24, 2.45) is 7.05 Å². The van der Waals surface area contributed by atoms with Gasteiger partial charge in [-0.15, -0.1) is 0 Å². The second-order valence-corrected chi connectivity index (χ2v) is 6.04. The summed E-state index contributed by atoms with van der Waals surface area (Å²) < 4.78 is 9.84. The van der Waals surface area contributed by atoms with Crippen LogP contribution in [-0.4, -0.2) is 36.2 Å². The zero-order valence-electron chi connectivity index (χ0n) is 13.0. The summed E-state index contributed by atoms with van der Waals surface area (Å²) in [5.74, 6) is 1.06. The summed E-state index contributed by atoms with van der Waals surface area (Å²) >= 11 is 3.40. The molecule has 4 aromatic heterocycles. The molecule has 8 heteroatoms. The van der Waals surface area contributed by atoms with Gasteiger partial charge in [0.25, 0.3) is 0 Å². The Morgan fingerprint density at radius 3 is 2.71 bits per heavy atom. The number of fused-ring (bicyclic) bond motifs is 1. The van der Waals surface area contributed by atoms with Crippen molar-refractivity contribution in [2.45, 2.75) is 0 Å². The number of aryl methyl sites for hydroxylation is 1. The van der Waals surface area contributed by atoms with Crippen molar-refractivity contribution in [3.8, 4) is 28.4 Å². The number of aromatic nitrogens is 6. The molecule has 0 bridgehead atoms. The summed E-state index contributed by atoms with van der Waals surface area (Å²) in [6.07, 6.45) is 7.39. The SMILES string of the molecule is COc1nc2ncc(-c3cccc(Br)n3)n2cc1-c1cnn(C)c1. The fourth-order valence-electron chi connectivity index (χ4n) is 2.55. The van der Waals surface area contributed by atoms with Gasteiger partial charge in [-0.05, 0) is 28.1 Å². The van der Waals surface area contributed by atoms with Gasteiger partial charge in [-0.1, -0.05) is 6.07 Å². The molecule has 24 heavy (non-hydrogen) atoms. The maximum atomic E-state index is 5.43. The van der Waals surface area contributed by atoms with Crippen LogP contribution in [0.2, 0.25) is 0 Å². The van der Waals surface area contributed by atoms with Crippen LogP contribution >= 0.6 is 15.9 Å². The Morgan fingerprint density at radius 2 is 2.00 bits per heavy atom. The maximum Gasteiger partial charge on any atom is 0.237 e. The first-order chi connectivity index (χ1) is 11.7. The van der Waals surface area contributed by atoms with E-state index in [9.17, 15) is 0 Å². The number of hydrogen-bond donors (Lipinski definition) is 0. The molecule has 4 rings (SSSR count). The van der Waals surface area contributed by atoms with E-state index in [0.29, 0.717) is 11.7 Å². The van der Waals surface area contributed by atoms with Crippen molar-refractivity contribution in [3.63, 3.8) is 0 Å². The van der Waals surface area contributed by atoms with E-state index in [0.717, 1.165) is 27.1 Å². The van der Waals surface area contributed by atoms with E-state index >= 15 is 0 Å². The second kappa shape index (κ2) is 5.72. The fraction of sp³-hybridized carbons (Fsp3) is 0.125. The van der Waals surface area contributed by atoms with E-state index < -0.39 is 0 Å². The lowest BCUT2D eigenvalue weighted by Crippen LogP contribution is -1.98. The van der Waals surface area contributed by atoms with Gasteiger partial charge in [0.15, 0.2) is 0 Å². The Hall–Kier alpha value is -2.74. The van der Waals surface area contributed by atoms with Crippen LogP contribution in [0.5, 0.6) is 5.88 Å². The maximum absolute atomic E-state index is 5.43. The van der Waals surface area contributed by atoms with Crippen LogP contribution in [-0.2, 0) is 7.05 Å². The van der Waals surface area contributed by atoms with Crippen LogP contribution in [0.3, 0.4) is 0 Å². The average molecular weight is 385 g/mol. The van der Waals surface area contributed by atoms with Gasteiger partial charge in [0.1, 0.15) is 4.60 Å². The zero-order chi connectivity index (χ0) is 16.7. The molecule has 0 spiro atoms. The number of imidazole rings is 1. The molecule has 0 aromatic carbocycles. The molecule has 0 aliphatic rings. The van der Waals surface area contributed by atoms with Crippen molar-refractivity contribution >= 4 is 21.7 Å². The van der Waals surface area contributed by atoms with Gasteiger partial charge in [-0.25, -0.2) is 9.97 Å². The van der Waals surface area contributed by atoms with Gasteiger partial charge in [0, 0.05) is 25.0 Å². The first-order valence-corrected chi connectivity index (χ1v) is 7.99. The Labute approximate surface area is 146 Å². The predicted octanol–water partition coefficient (Wildman–Crippen LogP) is 2.96. The number of hydrogen-bond acceptors (Lipinski definition) is 5. The smallest absolute Gasteiger partial charge is 0.237 e. The minimum Gasteiger partial charge on any atom is -0.480 e. The topological polar surface area (TPSA) is 70.1 Å². The summed E-state index contributed by atoms with van der Waals surface area (Å²) in [6.45, 7) is 0. The second-order valence-electron chi connectivity index (χ2n) is 5.23. The summed E-state index contributed by atoms with van der Waals surface area (Å²) in [6, 6.07) is 5.75. The van der Waals surface area contributed by atoms with E-state index in [1.165, 1.54) is 0 Å². The minimum atomic E-state index is 0.509. The number of methoxy groups -OCH3 is 1. The quantitative estimate of drug-likeness (QED) is 0.507. The van der Waals surface area contributed by atoms with E-state index in [4.69, 9.17) is 4.74 Å². The molecule has 120 valence electrons. The zero-order valence-corrected chi connectivity index (χ0v) is 14.6. The number of nitrogens with zero attached hydrogens (tertiary/aromatic N) is 6. The summed E-state index contributed by atoms with van der Waals surface area (Å²) in [5.41, 5.74) is 3.42. The highest BCUT2D eigenvalue weighted by Crippen LogP contribution is 2.30. The minimum absolute atomic E-state index is 0.509. The molecule has 0 atom stereocenters. The third kappa shape index (κ3) is 2.44. The third-order valence-corrected chi connectivity index (χ3v) is 4.10. The van der Waals surface area contributed by atoms with Crippen molar-refractivity contribution in [1.82, 2.24) is 29.1 Å². The van der Waals surface area contributed by atoms with Crippen LogP contribution in [0.25, 0.3) is 28.3 Å². The van der Waals surface area contributed by atoms with E-state index in [1.807, 2.05) is 42.0 Å². The number of pyridine rings is 1. The number of halogens is 1. The molecule has 0 unspecified atom stereocenters. The third-order valence-electron chi connectivity index (χ3n) is 3.65. The monoisotopic (exact) mass is 384 g/mol. The van der Waals surface area contributed by atoms with Gasteiger partial charge in [0.05, 0.1) is 36.5 Å². The predicted molar refractivity (Wildman–Crippen MR) is 92.7 cm³/mol. The summed E-state index contributed by atoms with van der Waals surface area (Å²) in [4.78, 5) is 13.4. The fourth-order valence-corrected chi connectivity index (χ4v) is 2.89. The Balaban J connectivity index is 1.95. The van der Waals surface area contributed by atoms with Crippen LogP contribution in [0.1, 0.15) is 0 Å². The van der Waals surface area contributed by atoms with Gasteiger partial charge in [-0.3, -0.25) is 9.08 Å².